The molecular formula is C14H11ClN2O. The molecule has 0 aliphatic heterocycles. The molecule has 1 aromatic carbocycles. The van der Waals surface area contributed by atoms with Crippen molar-refractivity contribution < 1.29 is 4.74 Å². The van der Waals surface area contributed by atoms with Crippen LogP contribution in [-0.2, 0) is 6.42 Å². The smallest absolute Gasteiger partial charge is 0.137 e. The first-order valence-electron chi connectivity index (χ1n) is 5.52. The SMILES string of the molecule is N#Cc1ccc(OCCc2ccccn2)c(Cl)c1. The Morgan fingerprint density at radius 1 is 1.28 bits per heavy atom. The molecule has 0 saturated heterocycles. The fourth-order valence-corrected chi connectivity index (χ4v) is 1.73. The Morgan fingerprint density at radius 2 is 2.17 bits per heavy atom. The lowest BCUT2D eigenvalue weighted by Gasteiger charge is -2.07. The average Bonchev–Trinajstić information content (AvgIpc) is 2.42. The molecule has 0 bridgehead atoms. The zero-order valence-corrected chi connectivity index (χ0v) is 10.4. The highest BCUT2D eigenvalue weighted by Crippen LogP contribution is 2.25. The van der Waals surface area contributed by atoms with Crippen LogP contribution in [0, 0.1) is 11.3 Å². The van der Waals surface area contributed by atoms with Crippen molar-refractivity contribution in [2.75, 3.05) is 6.61 Å². The number of benzene rings is 1. The molecule has 18 heavy (non-hydrogen) atoms. The van der Waals surface area contributed by atoms with Crippen molar-refractivity contribution in [3.05, 3.63) is 58.9 Å². The minimum Gasteiger partial charge on any atom is -0.492 e. The van der Waals surface area contributed by atoms with Gasteiger partial charge in [-0.05, 0) is 30.3 Å². The van der Waals surface area contributed by atoms with Crippen LogP contribution in [0.3, 0.4) is 0 Å². The molecule has 4 heteroatoms. The number of rotatable bonds is 4. The van der Waals surface area contributed by atoms with E-state index in [0.717, 1.165) is 12.1 Å². The van der Waals surface area contributed by atoms with Crippen LogP contribution < -0.4 is 4.74 Å². The van der Waals surface area contributed by atoms with Crippen molar-refractivity contribution in [1.29, 1.82) is 5.26 Å². The van der Waals surface area contributed by atoms with Gasteiger partial charge in [0.1, 0.15) is 5.75 Å². The number of hydrogen-bond acceptors (Lipinski definition) is 3. The zero-order chi connectivity index (χ0) is 12.8. The summed E-state index contributed by atoms with van der Waals surface area (Å²) in [5, 5.41) is 9.17. The van der Waals surface area contributed by atoms with E-state index in [1.807, 2.05) is 24.3 Å². The van der Waals surface area contributed by atoms with Gasteiger partial charge in [0.2, 0.25) is 0 Å². The summed E-state index contributed by atoms with van der Waals surface area (Å²) in [4.78, 5) is 4.20. The topological polar surface area (TPSA) is 45.9 Å². The Kier molecular flexibility index (Phi) is 4.16. The number of hydrogen-bond donors (Lipinski definition) is 0. The van der Waals surface area contributed by atoms with Crippen LogP contribution in [0.5, 0.6) is 5.75 Å². The Morgan fingerprint density at radius 3 is 2.83 bits per heavy atom. The first-order valence-corrected chi connectivity index (χ1v) is 5.90. The number of nitriles is 1. The Bertz CT molecular complexity index is 564. The summed E-state index contributed by atoms with van der Waals surface area (Å²) >= 11 is 6.00. The Labute approximate surface area is 111 Å². The van der Waals surface area contributed by atoms with Gasteiger partial charge >= 0.3 is 0 Å². The maximum atomic E-state index is 8.72. The van der Waals surface area contributed by atoms with Crippen LogP contribution in [-0.4, -0.2) is 11.6 Å². The highest BCUT2D eigenvalue weighted by atomic mass is 35.5. The molecule has 1 heterocycles. The van der Waals surface area contributed by atoms with E-state index in [-0.39, 0.29) is 0 Å². The predicted molar refractivity (Wildman–Crippen MR) is 69.6 cm³/mol. The second-order valence-corrected chi connectivity index (χ2v) is 4.08. The molecule has 1 aromatic heterocycles. The predicted octanol–water partition coefficient (Wildman–Crippen LogP) is 3.23. The van der Waals surface area contributed by atoms with E-state index in [2.05, 4.69) is 4.98 Å². The third-order valence-electron chi connectivity index (χ3n) is 2.40. The number of pyridine rings is 1. The molecule has 2 rings (SSSR count). The molecule has 90 valence electrons. The summed E-state index contributed by atoms with van der Waals surface area (Å²) in [6, 6.07) is 12.8. The minimum atomic E-state index is 0.454. The van der Waals surface area contributed by atoms with Gasteiger partial charge in [-0.3, -0.25) is 4.98 Å². The minimum absolute atomic E-state index is 0.454. The Hall–Kier alpha value is -2.05. The number of halogens is 1. The van der Waals surface area contributed by atoms with E-state index in [1.54, 1.807) is 24.4 Å². The third kappa shape index (κ3) is 3.22. The van der Waals surface area contributed by atoms with Gasteiger partial charge in [0.25, 0.3) is 0 Å². The van der Waals surface area contributed by atoms with Crippen LogP contribution in [0.1, 0.15) is 11.3 Å². The standard InChI is InChI=1S/C14H11ClN2O/c15-13-9-11(10-16)4-5-14(13)18-8-6-12-3-1-2-7-17-12/h1-5,7,9H,6,8H2. The molecule has 0 aliphatic carbocycles. The Balaban J connectivity index is 1.93. The lowest BCUT2D eigenvalue weighted by Crippen LogP contribution is -2.03. The summed E-state index contributed by atoms with van der Waals surface area (Å²) in [6.07, 6.45) is 2.47. The molecule has 0 saturated carbocycles. The van der Waals surface area contributed by atoms with Gasteiger partial charge in [0.05, 0.1) is 23.3 Å². The molecule has 0 atom stereocenters. The molecule has 0 aliphatic rings. The van der Waals surface area contributed by atoms with Crippen molar-refractivity contribution in [1.82, 2.24) is 4.98 Å². The highest BCUT2D eigenvalue weighted by Gasteiger charge is 2.03. The third-order valence-corrected chi connectivity index (χ3v) is 2.70. The van der Waals surface area contributed by atoms with Crippen LogP contribution in [0.15, 0.2) is 42.6 Å². The fourth-order valence-electron chi connectivity index (χ4n) is 1.50. The zero-order valence-electron chi connectivity index (χ0n) is 9.64. The van der Waals surface area contributed by atoms with Crippen molar-refractivity contribution in [3.8, 4) is 11.8 Å². The van der Waals surface area contributed by atoms with Gasteiger partial charge in [-0.2, -0.15) is 5.26 Å². The maximum Gasteiger partial charge on any atom is 0.137 e. The number of nitrogens with zero attached hydrogens (tertiary/aromatic N) is 2. The lowest BCUT2D eigenvalue weighted by molar-refractivity contribution is 0.320. The molecule has 0 N–H and O–H groups in total. The maximum absolute atomic E-state index is 8.72. The average molecular weight is 259 g/mol. The van der Waals surface area contributed by atoms with Gasteiger partial charge < -0.3 is 4.74 Å². The van der Waals surface area contributed by atoms with E-state index in [9.17, 15) is 0 Å². The van der Waals surface area contributed by atoms with E-state index in [0.29, 0.717) is 22.9 Å². The van der Waals surface area contributed by atoms with Crippen molar-refractivity contribution in [3.63, 3.8) is 0 Å². The van der Waals surface area contributed by atoms with E-state index in [1.165, 1.54) is 0 Å². The molecule has 0 unspecified atom stereocenters. The lowest BCUT2D eigenvalue weighted by atomic mass is 10.2. The molecule has 0 radical (unpaired) electrons. The fraction of sp³-hybridized carbons (Fsp3) is 0.143. The van der Waals surface area contributed by atoms with Crippen molar-refractivity contribution >= 4 is 11.6 Å². The monoisotopic (exact) mass is 258 g/mol. The van der Waals surface area contributed by atoms with Crippen LogP contribution in [0.25, 0.3) is 0 Å². The number of ether oxygens (including phenoxy) is 1. The molecule has 0 fully saturated rings. The van der Waals surface area contributed by atoms with Crippen LogP contribution in [0.4, 0.5) is 0 Å². The van der Waals surface area contributed by atoms with Crippen LogP contribution in [0.2, 0.25) is 5.02 Å². The van der Waals surface area contributed by atoms with E-state index < -0.39 is 0 Å². The normalized spacial score (nSPS) is 9.78. The van der Waals surface area contributed by atoms with Gasteiger partial charge in [-0.1, -0.05) is 17.7 Å². The number of aromatic nitrogens is 1. The quantitative estimate of drug-likeness (QED) is 0.846. The van der Waals surface area contributed by atoms with Gasteiger partial charge in [-0.15, -0.1) is 0 Å². The largest absolute Gasteiger partial charge is 0.492 e. The second-order valence-electron chi connectivity index (χ2n) is 3.68. The first kappa shape index (κ1) is 12.4. The molecule has 0 amide bonds. The van der Waals surface area contributed by atoms with E-state index >= 15 is 0 Å². The summed E-state index contributed by atoms with van der Waals surface area (Å²) in [5.41, 5.74) is 1.50. The summed E-state index contributed by atoms with van der Waals surface area (Å²) in [6.45, 7) is 0.503. The van der Waals surface area contributed by atoms with Crippen LogP contribution >= 0.6 is 11.6 Å². The summed E-state index contributed by atoms with van der Waals surface area (Å²) in [5.74, 6) is 0.589. The van der Waals surface area contributed by atoms with Gasteiger partial charge in [0.15, 0.2) is 0 Å². The molecule has 0 spiro atoms. The highest BCUT2D eigenvalue weighted by molar-refractivity contribution is 6.32. The molecule has 3 nitrogen and oxygen atoms in total. The second kappa shape index (κ2) is 6.04. The summed E-state index contributed by atoms with van der Waals surface area (Å²) in [7, 11) is 0. The van der Waals surface area contributed by atoms with Gasteiger partial charge in [0, 0.05) is 18.3 Å². The summed E-state index contributed by atoms with van der Waals surface area (Å²) < 4.78 is 5.56. The first-order chi connectivity index (χ1) is 8.79. The molecular weight excluding hydrogens is 248 g/mol. The van der Waals surface area contributed by atoms with Gasteiger partial charge in [-0.25, -0.2) is 0 Å². The molecule has 2 aromatic rings. The van der Waals surface area contributed by atoms with Crippen molar-refractivity contribution in [2.24, 2.45) is 0 Å². The van der Waals surface area contributed by atoms with E-state index in [4.69, 9.17) is 21.6 Å². The van der Waals surface area contributed by atoms with Crippen molar-refractivity contribution in [2.45, 2.75) is 6.42 Å².